The quantitative estimate of drug-likeness (QED) is 0.377. The zero-order chi connectivity index (χ0) is 24.2. The molecule has 0 fully saturated rings. The number of methoxy groups -OCH3 is 2. The molecule has 0 aliphatic rings. The summed E-state index contributed by atoms with van der Waals surface area (Å²) in [6, 6.07) is 19.6. The molecule has 2 aromatic carbocycles. The lowest BCUT2D eigenvalue weighted by atomic mass is 10.1. The molecule has 3 aromatic heterocycles. The molecule has 174 valence electrons. The van der Waals surface area contributed by atoms with Gasteiger partial charge in [0.15, 0.2) is 11.5 Å². The first-order valence-electron chi connectivity index (χ1n) is 10.7. The van der Waals surface area contributed by atoms with Crippen LogP contribution < -0.4 is 20.1 Å². The molecule has 0 bridgehead atoms. The van der Waals surface area contributed by atoms with Gasteiger partial charge in [-0.15, -0.1) is 10.2 Å². The van der Waals surface area contributed by atoms with Crippen LogP contribution in [-0.4, -0.2) is 45.0 Å². The fourth-order valence-electron chi connectivity index (χ4n) is 3.56. The maximum absolute atomic E-state index is 12.6. The van der Waals surface area contributed by atoms with E-state index in [1.165, 1.54) is 7.11 Å². The third kappa shape index (κ3) is 4.58. The van der Waals surface area contributed by atoms with E-state index in [0.29, 0.717) is 40.0 Å². The summed E-state index contributed by atoms with van der Waals surface area (Å²) in [7, 11) is 3.10. The fraction of sp³-hybridized carbons (Fsp3) is 0.0800. The van der Waals surface area contributed by atoms with Gasteiger partial charge < -0.3 is 20.1 Å². The van der Waals surface area contributed by atoms with E-state index >= 15 is 0 Å². The molecule has 0 aliphatic heterocycles. The lowest BCUT2D eigenvalue weighted by Crippen LogP contribution is -2.19. The molecule has 0 saturated heterocycles. The highest BCUT2D eigenvalue weighted by molar-refractivity contribution is 6.01. The number of benzene rings is 2. The molecule has 10 nitrogen and oxygen atoms in total. The second-order valence-corrected chi connectivity index (χ2v) is 7.48. The largest absolute Gasteiger partial charge is 0.497 e. The van der Waals surface area contributed by atoms with E-state index < -0.39 is 6.03 Å². The monoisotopic (exact) mass is 467 g/mol. The topological polar surface area (TPSA) is 116 Å². The summed E-state index contributed by atoms with van der Waals surface area (Å²) >= 11 is 0. The minimum atomic E-state index is -0.410. The van der Waals surface area contributed by atoms with E-state index in [4.69, 9.17) is 14.6 Å². The van der Waals surface area contributed by atoms with E-state index in [2.05, 4.69) is 25.8 Å². The van der Waals surface area contributed by atoms with E-state index in [0.717, 1.165) is 11.1 Å². The second-order valence-electron chi connectivity index (χ2n) is 7.48. The van der Waals surface area contributed by atoms with Crippen LogP contribution in [0.3, 0.4) is 0 Å². The molecule has 0 aliphatic carbocycles. The van der Waals surface area contributed by atoms with Crippen molar-refractivity contribution in [2.75, 3.05) is 24.9 Å². The van der Waals surface area contributed by atoms with Crippen molar-refractivity contribution in [3.63, 3.8) is 0 Å². The normalized spacial score (nSPS) is 10.7. The number of urea groups is 1. The molecular formula is C25H21N7O3. The van der Waals surface area contributed by atoms with Gasteiger partial charge in [-0.05, 0) is 48.5 Å². The number of fused-ring (bicyclic) bond motifs is 1. The molecule has 5 rings (SSSR count). The molecule has 2 amide bonds. The van der Waals surface area contributed by atoms with Gasteiger partial charge in [0, 0.05) is 35.3 Å². The van der Waals surface area contributed by atoms with Gasteiger partial charge in [0.1, 0.15) is 11.5 Å². The van der Waals surface area contributed by atoms with Gasteiger partial charge in [-0.1, -0.05) is 12.1 Å². The molecule has 0 radical (unpaired) electrons. The number of hydrogen-bond donors (Lipinski definition) is 2. The van der Waals surface area contributed by atoms with Crippen LogP contribution in [0.2, 0.25) is 0 Å². The maximum Gasteiger partial charge on any atom is 0.323 e. The van der Waals surface area contributed by atoms with Crippen LogP contribution in [0.5, 0.6) is 11.5 Å². The predicted molar refractivity (Wildman–Crippen MR) is 132 cm³/mol. The Bertz CT molecular complexity index is 1500. The maximum atomic E-state index is 12.6. The molecule has 0 spiro atoms. The van der Waals surface area contributed by atoms with Gasteiger partial charge in [0.2, 0.25) is 0 Å². The van der Waals surface area contributed by atoms with Gasteiger partial charge in [-0.2, -0.15) is 9.61 Å². The van der Waals surface area contributed by atoms with Crippen LogP contribution in [0.1, 0.15) is 0 Å². The molecule has 35 heavy (non-hydrogen) atoms. The lowest BCUT2D eigenvalue weighted by Gasteiger charge is -2.13. The molecule has 0 atom stereocenters. The first-order valence-corrected chi connectivity index (χ1v) is 10.7. The number of nitrogens with zero attached hydrogens (tertiary/aromatic N) is 5. The van der Waals surface area contributed by atoms with Gasteiger partial charge in [0.05, 0.1) is 25.6 Å². The number of nitrogens with one attached hydrogen (secondary N) is 2. The van der Waals surface area contributed by atoms with Crippen LogP contribution in [0.4, 0.5) is 16.2 Å². The Morgan fingerprint density at radius 2 is 1.77 bits per heavy atom. The van der Waals surface area contributed by atoms with Crippen molar-refractivity contribution < 1.29 is 14.3 Å². The van der Waals surface area contributed by atoms with Crippen LogP contribution >= 0.6 is 0 Å². The average Bonchev–Trinajstić information content (AvgIpc) is 3.33. The Labute approximate surface area is 200 Å². The highest BCUT2D eigenvalue weighted by Crippen LogP contribution is 2.29. The Kier molecular flexibility index (Phi) is 5.91. The molecule has 10 heteroatoms. The van der Waals surface area contributed by atoms with Crippen molar-refractivity contribution >= 4 is 23.1 Å². The summed E-state index contributed by atoms with van der Waals surface area (Å²) in [4.78, 5) is 16.8. The molecule has 0 unspecified atom stereocenters. The zero-order valence-electron chi connectivity index (χ0n) is 19.0. The number of carbonyl (C=O) groups is 1. The van der Waals surface area contributed by atoms with Gasteiger partial charge in [-0.3, -0.25) is 4.98 Å². The number of ether oxygens (including phenoxy) is 2. The summed E-state index contributed by atoms with van der Waals surface area (Å²) in [5.41, 5.74) is 4.07. The summed E-state index contributed by atoms with van der Waals surface area (Å²) in [5, 5.41) is 18.8. The van der Waals surface area contributed by atoms with Crippen LogP contribution in [0, 0.1) is 0 Å². The van der Waals surface area contributed by atoms with Gasteiger partial charge >= 0.3 is 6.03 Å². The second kappa shape index (κ2) is 9.48. The minimum absolute atomic E-state index is 0.410. The van der Waals surface area contributed by atoms with Crippen LogP contribution in [0.15, 0.2) is 79.1 Å². The number of hydrogen-bond acceptors (Lipinski definition) is 7. The van der Waals surface area contributed by atoms with Crippen LogP contribution in [-0.2, 0) is 0 Å². The number of aromatic nitrogens is 5. The van der Waals surface area contributed by atoms with Crippen molar-refractivity contribution in [1.29, 1.82) is 0 Å². The molecule has 3 heterocycles. The average molecular weight is 467 g/mol. The highest BCUT2D eigenvalue weighted by Gasteiger charge is 2.12. The number of pyridine rings is 1. The Morgan fingerprint density at radius 1 is 0.886 bits per heavy atom. The standard InChI is InChI=1S/C25H21N7O3/c1-34-19-8-9-21(22(14-19)35-2)28-25(33)27-18-7-3-5-16(13-18)20-10-11-23-29-30-24(32(23)31-20)17-6-4-12-26-15-17/h3-15H,1-2H3,(H2,27,28,33). The van der Waals surface area contributed by atoms with E-state index in [-0.39, 0.29) is 0 Å². The third-order valence-electron chi connectivity index (χ3n) is 5.26. The van der Waals surface area contributed by atoms with Crippen molar-refractivity contribution in [3.05, 3.63) is 79.1 Å². The molecular weight excluding hydrogens is 446 g/mol. The Hall–Kier alpha value is -4.99. The SMILES string of the molecule is COc1ccc(NC(=O)Nc2cccc(-c3ccc4nnc(-c5cccnc5)n4n3)c2)c(OC)c1. The van der Waals surface area contributed by atoms with E-state index in [1.54, 1.807) is 48.3 Å². The zero-order valence-corrected chi connectivity index (χ0v) is 19.0. The van der Waals surface area contributed by atoms with Crippen LogP contribution in [0.25, 0.3) is 28.3 Å². The van der Waals surface area contributed by atoms with Gasteiger partial charge in [-0.25, -0.2) is 4.79 Å². The lowest BCUT2D eigenvalue weighted by molar-refractivity contribution is 0.262. The Morgan fingerprint density at radius 3 is 2.57 bits per heavy atom. The smallest absolute Gasteiger partial charge is 0.323 e. The van der Waals surface area contributed by atoms with E-state index in [1.807, 2.05) is 42.5 Å². The molecule has 0 saturated carbocycles. The number of anilines is 2. The summed E-state index contributed by atoms with van der Waals surface area (Å²) in [5.74, 6) is 1.71. The van der Waals surface area contributed by atoms with E-state index in [9.17, 15) is 4.79 Å². The minimum Gasteiger partial charge on any atom is -0.497 e. The third-order valence-corrected chi connectivity index (χ3v) is 5.26. The van der Waals surface area contributed by atoms with Crippen molar-refractivity contribution in [2.45, 2.75) is 0 Å². The van der Waals surface area contributed by atoms with Gasteiger partial charge in [0.25, 0.3) is 0 Å². The Balaban J connectivity index is 1.38. The molecule has 5 aromatic rings. The first kappa shape index (κ1) is 21.8. The summed E-state index contributed by atoms with van der Waals surface area (Å²) in [6.07, 6.45) is 3.41. The first-order chi connectivity index (χ1) is 17.1. The predicted octanol–water partition coefficient (Wildman–Crippen LogP) is 4.51. The van der Waals surface area contributed by atoms with Crippen molar-refractivity contribution in [3.8, 4) is 34.1 Å². The fourth-order valence-corrected chi connectivity index (χ4v) is 3.56. The molecule has 2 N–H and O–H groups in total. The number of rotatable bonds is 6. The highest BCUT2D eigenvalue weighted by atomic mass is 16.5. The number of carbonyl (C=O) groups excluding carboxylic acids is 1. The summed E-state index contributed by atoms with van der Waals surface area (Å²) < 4.78 is 12.2. The van der Waals surface area contributed by atoms with Crippen molar-refractivity contribution in [1.82, 2.24) is 24.8 Å². The van der Waals surface area contributed by atoms with Crippen molar-refractivity contribution in [2.24, 2.45) is 0 Å². The summed E-state index contributed by atoms with van der Waals surface area (Å²) in [6.45, 7) is 0. The number of amides is 2.